The maximum absolute atomic E-state index is 12.6. The molecule has 2 unspecified atom stereocenters. The summed E-state index contributed by atoms with van der Waals surface area (Å²) in [6, 6.07) is 0. The van der Waals surface area contributed by atoms with E-state index in [-0.39, 0.29) is 42.2 Å². The normalized spacial score (nSPS) is 21.9. The molecule has 26 nitrogen and oxygen atoms in total. The number of carboxylic acid groups (broad SMARTS) is 1. The Morgan fingerprint density at radius 1 is 1.09 bits per heavy atom. The minimum absolute atomic E-state index is 0.0185. The van der Waals surface area contributed by atoms with Gasteiger partial charge in [0.2, 0.25) is 11.8 Å². The summed E-state index contributed by atoms with van der Waals surface area (Å²) < 4.78 is 61.8. The van der Waals surface area contributed by atoms with Crippen LogP contribution in [0.5, 0.6) is 0 Å². The van der Waals surface area contributed by atoms with E-state index < -0.39 is 102 Å². The average molecular weight is 856 g/mol. The number of carbonyl (C=O) groups is 4. The maximum atomic E-state index is 12.6. The zero-order valence-corrected chi connectivity index (χ0v) is 31.6. The first kappa shape index (κ1) is 45.4. The highest BCUT2D eigenvalue weighted by Crippen LogP contribution is 2.61. The molecule has 54 heavy (non-hydrogen) atoms. The molecule has 30 heteroatoms. The number of nitrogen functional groups attached to an aromatic ring is 1. The Morgan fingerprint density at radius 2 is 1.76 bits per heavy atom. The van der Waals surface area contributed by atoms with Crippen molar-refractivity contribution in [1.82, 2.24) is 30.2 Å². The lowest BCUT2D eigenvalue weighted by Gasteiger charge is -2.30. The van der Waals surface area contributed by atoms with Crippen LogP contribution in [-0.4, -0.2) is 134 Å². The van der Waals surface area contributed by atoms with E-state index in [4.69, 9.17) is 24.6 Å². The number of imidazole rings is 1. The van der Waals surface area contributed by atoms with Crippen LogP contribution >= 0.6 is 35.2 Å². The molecule has 0 bridgehead atoms. The Kier molecular flexibility index (Phi) is 15.8. The van der Waals surface area contributed by atoms with Crippen LogP contribution < -0.4 is 16.4 Å². The number of nitrogens with one attached hydrogen (secondary N) is 2. The molecule has 2 aromatic rings. The van der Waals surface area contributed by atoms with E-state index >= 15 is 0 Å². The van der Waals surface area contributed by atoms with E-state index in [2.05, 4.69) is 34.4 Å². The van der Waals surface area contributed by atoms with Crippen molar-refractivity contribution in [3.63, 3.8) is 0 Å². The number of thioether (sulfide) groups is 1. The van der Waals surface area contributed by atoms with Gasteiger partial charge in [0.15, 0.2) is 22.8 Å². The molecule has 1 fully saturated rings. The highest BCUT2D eigenvalue weighted by atomic mass is 32.2. The molecule has 304 valence electrons. The van der Waals surface area contributed by atoms with Gasteiger partial charge in [-0.25, -0.2) is 28.6 Å². The molecule has 3 rings (SSSR count). The molecule has 2 aromatic heterocycles. The number of hydrogen-bond donors (Lipinski definition) is 10. The number of aliphatic hydroxyl groups excluding tert-OH is 2. The molecule has 0 aromatic carbocycles. The molecule has 3 heterocycles. The second kappa shape index (κ2) is 18.8. The summed E-state index contributed by atoms with van der Waals surface area (Å²) in [6.45, 7) is 0.132. The van der Waals surface area contributed by atoms with Crippen molar-refractivity contribution >= 4 is 75.1 Å². The number of nitrogens with two attached hydrogens (primary N) is 1. The lowest BCUT2D eigenvalue weighted by Crippen LogP contribution is -2.46. The summed E-state index contributed by atoms with van der Waals surface area (Å²) in [5.41, 5.74) is 4.19. The summed E-state index contributed by atoms with van der Waals surface area (Å²) in [7, 11) is -16.4. The van der Waals surface area contributed by atoms with E-state index in [1.807, 2.05) is 0 Å². The van der Waals surface area contributed by atoms with E-state index in [0.717, 1.165) is 29.0 Å². The largest absolute Gasteiger partial charge is 0.481 e. The number of carbonyl (C=O) groups excluding carboxylic acids is 3. The van der Waals surface area contributed by atoms with Gasteiger partial charge in [0.05, 0.1) is 19.5 Å². The van der Waals surface area contributed by atoms with Crippen molar-refractivity contribution in [3.8, 4) is 0 Å². The second-order valence-electron chi connectivity index (χ2n) is 11.9. The van der Waals surface area contributed by atoms with Crippen molar-refractivity contribution in [2.24, 2.45) is 5.41 Å². The van der Waals surface area contributed by atoms with Gasteiger partial charge in [-0.3, -0.25) is 37.3 Å². The van der Waals surface area contributed by atoms with Crippen LogP contribution in [0.3, 0.4) is 0 Å². The zero-order valence-electron chi connectivity index (χ0n) is 28.1. The van der Waals surface area contributed by atoms with E-state index in [0.29, 0.717) is 0 Å². The number of fused-ring (bicyclic) bond motifs is 1. The van der Waals surface area contributed by atoms with Gasteiger partial charge in [-0.2, -0.15) is 4.31 Å². The fourth-order valence-electron chi connectivity index (χ4n) is 4.47. The Morgan fingerprint density at radius 3 is 2.41 bits per heavy atom. The van der Waals surface area contributed by atoms with Gasteiger partial charge in [-0.1, -0.05) is 25.6 Å². The lowest BCUT2D eigenvalue weighted by molar-refractivity contribution is -0.139. The number of aliphatic hydroxyl groups is 2. The highest BCUT2D eigenvalue weighted by Gasteiger charge is 2.50. The topological polar surface area (TPSA) is 401 Å². The molecule has 11 N–H and O–H groups in total. The Hall–Kier alpha value is -2.97. The fraction of sp³-hybridized carbons (Fsp3) is 0.625. The van der Waals surface area contributed by atoms with Gasteiger partial charge in [0.1, 0.15) is 42.7 Å². The van der Waals surface area contributed by atoms with E-state index in [9.17, 15) is 62.7 Å². The first-order valence-corrected chi connectivity index (χ1v) is 20.7. The second-order valence-corrected chi connectivity index (χ2v) is 17.2. The highest BCUT2D eigenvalue weighted by molar-refractivity contribution is 8.13. The number of aliphatic carboxylic acids is 1. The van der Waals surface area contributed by atoms with E-state index in [1.165, 1.54) is 13.8 Å². The summed E-state index contributed by atoms with van der Waals surface area (Å²) in [5.74, 6) is -2.80. The first-order valence-electron chi connectivity index (χ1n) is 15.2. The number of anilines is 1. The third-order valence-electron chi connectivity index (χ3n) is 7.06. The molecule has 1 aliphatic heterocycles. The van der Waals surface area contributed by atoms with E-state index in [1.54, 1.807) is 0 Å². The number of rotatable bonds is 21. The van der Waals surface area contributed by atoms with Crippen molar-refractivity contribution in [1.29, 1.82) is 0 Å². The van der Waals surface area contributed by atoms with Crippen LogP contribution in [0.25, 0.3) is 11.2 Å². The fourth-order valence-corrected chi connectivity index (χ4v) is 7.96. The number of aromatic nitrogens is 4. The molecular weight excluding hydrogens is 817 g/mol. The van der Waals surface area contributed by atoms with Crippen molar-refractivity contribution in [2.45, 2.75) is 57.3 Å². The Labute approximate surface area is 308 Å². The summed E-state index contributed by atoms with van der Waals surface area (Å²) in [6.07, 6.45) is -7.78. The van der Waals surface area contributed by atoms with Crippen molar-refractivity contribution < 1.29 is 90.4 Å². The number of hydrogen-bond acceptors (Lipinski definition) is 19. The molecule has 2 amide bonds. The minimum atomic E-state index is -5.59. The molecule has 0 saturated carbocycles. The van der Waals surface area contributed by atoms with Crippen LogP contribution in [0.15, 0.2) is 12.7 Å². The van der Waals surface area contributed by atoms with Gasteiger partial charge >= 0.3 is 29.4 Å². The molecule has 0 aliphatic carbocycles. The van der Waals surface area contributed by atoms with Crippen LogP contribution in [-0.2, 0) is 55.5 Å². The molecule has 7 atom stereocenters. The van der Waals surface area contributed by atoms with Crippen molar-refractivity contribution in [2.75, 3.05) is 37.8 Å². The number of nitrogens with zero attached hydrogens (tertiary/aromatic N) is 4. The quantitative estimate of drug-likeness (QED) is 0.0374. The molecule has 1 aliphatic rings. The standard InChI is InChI=1S/C24H38N7O19P3S/c1-24(2,19(37)22(38)27-4-3-13(32)26-5-6-54-15(35)7-14(33)34)9-47-53(44,45)50-52(42,43)46-8-12-18(49-51(39,40)41)17(36)23(48-12)31-11-30-16-20(25)28-10-29-21(16)31/h10-12,17-19,23,36-37H,3-9H2,1-2H3,(H,26,32)(H,27,38)(H,33,34)(H,42,43)(H,44,45)(H2,25,28,29)(H2,39,40,41)/t12-,17-,18-,19+,23-/m1/s1/i15+2. The third kappa shape index (κ3) is 13.6. The summed E-state index contributed by atoms with van der Waals surface area (Å²) in [4.78, 5) is 97.0. The molecule has 0 spiro atoms. The monoisotopic (exact) mass is 855 g/mol. The van der Waals surface area contributed by atoms with Crippen LogP contribution in [0.1, 0.15) is 32.9 Å². The number of phosphoric acid groups is 3. The van der Waals surface area contributed by atoms with Crippen molar-refractivity contribution in [3.05, 3.63) is 12.7 Å². The zero-order chi connectivity index (χ0) is 40.6. The summed E-state index contributed by atoms with van der Waals surface area (Å²) >= 11 is 0.718. The van der Waals surface area contributed by atoms with Gasteiger partial charge in [-0.05, 0) is 0 Å². The maximum Gasteiger partial charge on any atom is 0.481 e. The average Bonchev–Trinajstić information content (AvgIpc) is 3.60. The van der Waals surface area contributed by atoms with Crippen LogP contribution in [0.2, 0.25) is 0 Å². The predicted octanol–water partition coefficient (Wildman–Crippen LogP) is -1.86. The predicted molar refractivity (Wildman–Crippen MR) is 179 cm³/mol. The molecule has 0 radical (unpaired) electrons. The van der Waals surface area contributed by atoms with Gasteiger partial charge in [0, 0.05) is 30.7 Å². The van der Waals surface area contributed by atoms with Gasteiger partial charge in [0.25, 0.3) is 0 Å². The number of carboxylic acids is 1. The SMILES string of the molecule is CC(C)(COP(=O)(O)OP(=O)(O)OC[C@H]1O[C@@H](n2cnc3c(N)ncnc32)[C@H](O)[C@@H]1OP(=O)(O)O)[C@@H](O)C(=O)NCCC(=O)NCCS[14C](=O)CC(=O)O. The third-order valence-corrected chi connectivity index (χ3v) is 11.0. The Balaban J connectivity index is 1.51. The molecule has 1 saturated heterocycles. The minimum Gasteiger partial charge on any atom is -0.481 e. The number of amides is 2. The lowest BCUT2D eigenvalue weighted by atomic mass is 9.87. The molecular formula is C24H38N7O19P3S. The number of phosphoric ester groups is 3. The smallest absolute Gasteiger partial charge is 0.481 e. The summed E-state index contributed by atoms with van der Waals surface area (Å²) in [5, 5.41) is 34.0. The van der Waals surface area contributed by atoms with Crippen LogP contribution in [0, 0.1) is 5.41 Å². The van der Waals surface area contributed by atoms with Gasteiger partial charge < -0.3 is 56.0 Å². The first-order chi connectivity index (χ1) is 24.9. The van der Waals surface area contributed by atoms with Crippen LogP contribution in [0.4, 0.5) is 5.82 Å². The number of ether oxygens (including phenoxy) is 1. The van der Waals surface area contributed by atoms with Gasteiger partial charge in [-0.15, -0.1) is 0 Å². The Bertz CT molecular complexity index is 1830.